The van der Waals surface area contributed by atoms with Gasteiger partial charge in [0.25, 0.3) is 0 Å². The van der Waals surface area contributed by atoms with Crippen LogP contribution >= 0.6 is 0 Å². The fraction of sp³-hybridized carbons (Fsp3) is 0.684. The SMILES string of the molecule is CCCN1CCCC(NCC(C)(C)c2ccccc2)CC1. The van der Waals surface area contributed by atoms with E-state index in [1.54, 1.807) is 0 Å². The third-order valence-corrected chi connectivity index (χ3v) is 4.75. The molecule has 2 nitrogen and oxygen atoms in total. The first kappa shape index (κ1) is 16.5. The van der Waals surface area contributed by atoms with Crippen molar-refractivity contribution in [1.82, 2.24) is 10.2 Å². The van der Waals surface area contributed by atoms with Crippen LogP contribution in [0.1, 0.15) is 52.0 Å². The Hall–Kier alpha value is -0.860. The summed E-state index contributed by atoms with van der Waals surface area (Å²) in [5, 5.41) is 3.84. The summed E-state index contributed by atoms with van der Waals surface area (Å²) in [4.78, 5) is 2.63. The highest BCUT2D eigenvalue weighted by atomic mass is 15.1. The van der Waals surface area contributed by atoms with Crippen molar-refractivity contribution in [2.24, 2.45) is 0 Å². The van der Waals surface area contributed by atoms with Gasteiger partial charge in [-0.3, -0.25) is 0 Å². The summed E-state index contributed by atoms with van der Waals surface area (Å²) in [6, 6.07) is 11.6. The van der Waals surface area contributed by atoms with Crippen molar-refractivity contribution in [2.45, 2.75) is 57.9 Å². The number of hydrogen-bond donors (Lipinski definition) is 1. The van der Waals surface area contributed by atoms with E-state index in [-0.39, 0.29) is 5.41 Å². The Morgan fingerprint density at radius 3 is 2.62 bits per heavy atom. The van der Waals surface area contributed by atoms with Crippen molar-refractivity contribution >= 4 is 0 Å². The van der Waals surface area contributed by atoms with Crippen molar-refractivity contribution in [2.75, 3.05) is 26.2 Å². The lowest BCUT2D eigenvalue weighted by molar-refractivity contribution is 0.281. The van der Waals surface area contributed by atoms with Crippen LogP contribution in [0.5, 0.6) is 0 Å². The van der Waals surface area contributed by atoms with Gasteiger partial charge in [0.2, 0.25) is 0 Å². The summed E-state index contributed by atoms with van der Waals surface area (Å²) in [5.41, 5.74) is 1.63. The molecule has 1 aromatic carbocycles. The predicted octanol–water partition coefficient (Wildman–Crippen LogP) is 3.82. The van der Waals surface area contributed by atoms with Crippen molar-refractivity contribution in [3.63, 3.8) is 0 Å². The maximum atomic E-state index is 3.84. The van der Waals surface area contributed by atoms with Crippen molar-refractivity contribution < 1.29 is 0 Å². The number of rotatable bonds is 6. The van der Waals surface area contributed by atoms with Gasteiger partial charge in [0.1, 0.15) is 0 Å². The molecular formula is C19H32N2. The zero-order chi connectivity index (χ0) is 15.1. The van der Waals surface area contributed by atoms with E-state index in [0.29, 0.717) is 6.04 Å². The number of likely N-dealkylation sites (tertiary alicyclic amines) is 1. The molecule has 21 heavy (non-hydrogen) atoms. The maximum Gasteiger partial charge on any atom is 0.00800 e. The Bertz CT molecular complexity index is 399. The topological polar surface area (TPSA) is 15.3 Å². The van der Waals surface area contributed by atoms with Gasteiger partial charge in [-0.2, -0.15) is 0 Å². The van der Waals surface area contributed by atoms with Crippen molar-refractivity contribution in [3.05, 3.63) is 35.9 Å². The summed E-state index contributed by atoms with van der Waals surface area (Å²) < 4.78 is 0. The molecule has 1 fully saturated rings. The minimum Gasteiger partial charge on any atom is -0.313 e. The smallest absolute Gasteiger partial charge is 0.00800 e. The van der Waals surface area contributed by atoms with Crippen LogP contribution in [0.25, 0.3) is 0 Å². The molecule has 1 aromatic rings. The Balaban J connectivity index is 1.82. The maximum absolute atomic E-state index is 3.84. The van der Waals surface area contributed by atoms with Gasteiger partial charge in [-0.1, -0.05) is 51.1 Å². The highest BCUT2D eigenvalue weighted by Gasteiger charge is 2.23. The molecule has 1 atom stereocenters. The average molecular weight is 288 g/mol. The Morgan fingerprint density at radius 2 is 1.90 bits per heavy atom. The van der Waals surface area contributed by atoms with Crippen molar-refractivity contribution in [3.8, 4) is 0 Å². The largest absolute Gasteiger partial charge is 0.313 e. The minimum atomic E-state index is 0.205. The summed E-state index contributed by atoms with van der Waals surface area (Å²) in [6.45, 7) is 11.8. The monoisotopic (exact) mass is 288 g/mol. The van der Waals surface area contributed by atoms with Crippen LogP contribution in [0.15, 0.2) is 30.3 Å². The molecule has 2 rings (SSSR count). The van der Waals surface area contributed by atoms with E-state index in [1.165, 1.54) is 50.9 Å². The third-order valence-electron chi connectivity index (χ3n) is 4.75. The second kappa shape index (κ2) is 7.95. The summed E-state index contributed by atoms with van der Waals surface area (Å²) in [7, 11) is 0. The van der Waals surface area contributed by atoms with Gasteiger partial charge in [0, 0.05) is 18.0 Å². The van der Waals surface area contributed by atoms with E-state index < -0.39 is 0 Å². The van der Waals surface area contributed by atoms with Gasteiger partial charge in [-0.05, 0) is 50.9 Å². The standard InChI is InChI=1S/C19H32N2/c1-4-13-21-14-8-11-18(12-15-21)20-16-19(2,3)17-9-6-5-7-10-17/h5-7,9-10,18,20H,4,8,11-16H2,1-3H3. The number of hydrogen-bond acceptors (Lipinski definition) is 2. The first-order chi connectivity index (χ1) is 10.1. The first-order valence-electron chi connectivity index (χ1n) is 8.63. The summed E-state index contributed by atoms with van der Waals surface area (Å²) >= 11 is 0. The molecule has 1 saturated heterocycles. The molecule has 0 bridgehead atoms. The van der Waals surface area contributed by atoms with E-state index >= 15 is 0 Å². The molecule has 2 heteroatoms. The molecule has 1 N–H and O–H groups in total. The van der Waals surface area contributed by atoms with Gasteiger partial charge in [-0.15, -0.1) is 0 Å². The van der Waals surface area contributed by atoms with Gasteiger partial charge < -0.3 is 10.2 Å². The van der Waals surface area contributed by atoms with Crippen LogP contribution in [-0.4, -0.2) is 37.1 Å². The molecular weight excluding hydrogens is 256 g/mol. The molecule has 0 aromatic heterocycles. The highest BCUT2D eigenvalue weighted by Crippen LogP contribution is 2.22. The number of nitrogens with one attached hydrogen (secondary N) is 1. The Labute approximate surface area is 130 Å². The second-order valence-corrected chi connectivity index (χ2v) is 7.10. The lowest BCUT2D eigenvalue weighted by atomic mass is 9.84. The van der Waals surface area contributed by atoms with Crippen LogP contribution in [0.3, 0.4) is 0 Å². The first-order valence-corrected chi connectivity index (χ1v) is 8.63. The summed E-state index contributed by atoms with van der Waals surface area (Å²) in [6.07, 6.45) is 5.23. The van der Waals surface area contributed by atoms with Crippen LogP contribution in [0, 0.1) is 0 Å². The van der Waals surface area contributed by atoms with Crippen LogP contribution < -0.4 is 5.32 Å². The van der Waals surface area contributed by atoms with Gasteiger partial charge in [-0.25, -0.2) is 0 Å². The quantitative estimate of drug-likeness (QED) is 0.856. The lowest BCUT2D eigenvalue weighted by Crippen LogP contribution is -2.39. The molecule has 0 aliphatic carbocycles. The lowest BCUT2D eigenvalue weighted by Gasteiger charge is -2.29. The average Bonchev–Trinajstić information content (AvgIpc) is 2.72. The highest BCUT2D eigenvalue weighted by molar-refractivity contribution is 5.23. The van der Waals surface area contributed by atoms with Crippen molar-refractivity contribution in [1.29, 1.82) is 0 Å². The van der Waals surface area contributed by atoms with E-state index in [2.05, 4.69) is 61.3 Å². The molecule has 0 spiro atoms. The van der Waals surface area contributed by atoms with E-state index in [4.69, 9.17) is 0 Å². The molecule has 1 unspecified atom stereocenters. The number of nitrogens with zero attached hydrogens (tertiary/aromatic N) is 1. The predicted molar refractivity (Wildman–Crippen MR) is 91.8 cm³/mol. The van der Waals surface area contributed by atoms with E-state index in [0.717, 1.165) is 6.54 Å². The molecule has 0 amide bonds. The molecule has 118 valence electrons. The van der Waals surface area contributed by atoms with E-state index in [9.17, 15) is 0 Å². The van der Waals surface area contributed by atoms with Crippen LogP contribution in [-0.2, 0) is 5.41 Å². The van der Waals surface area contributed by atoms with E-state index in [1.807, 2.05) is 0 Å². The zero-order valence-electron chi connectivity index (χ0n) is 14.1. The third kappa shape index (κ3) is 5.12. The number of benzene rings is 1. The fourth-order valence-electron chi connectivity index (χ4n) is 3.29. The molecule has 1 aliphatic heterocycles. The molecule has 0 radical (unpaired) electrons. The zero-order valence-corrected chi connectivity index (χ0v) is 14.1. The summed E-state index contributed by atoms with van der Waals surface area (Å²) in [5.74, 6) is 0. The molecule has 1 aliphatic rings. The normalized spacial score (nSPS) is 21.2. The van der Waals surface area contributed by atoms with Crippen LogP contribution in [0.4, 0.5) is 0 Å². The second-order valence-electron chi connectivity index (χ2n) is 7.10. The van der Waals surface area contributed by atoms with Gasteiger partial charge in [0.15, 0.2) is 0 Å². The van der Waals surface area contributed by atoms with Gasteiger partial charge >= 0.3 is 0 Å². The minimum absolute atomic E-state index is 0.205. The fourth-order valence-corrected chi connectivity index (χ4v) is 3.29. The van der Waals surface area contributed by atoms with Crippen LogP contribution in [0.2, 0.25) is 0 Å². The van der Waals surface area contributed by atoms with Gasteiger partial charge in [0.05, 0.1) is 0 Å². The molecule has 1 heterocycles. The molecule has 0 saturated carbocycles. The Kier molecular flexibility index (Phi) is 6.25. The Morgan fingerprint density at radius 1 is 1.14 bits per heavy atom.